The second kappa shape index (κ2) is 4.12. The van der Waals surface area contributed by atoms with E-state index in [1.807, 2.05) is 19.1 Å². The molecular formula is C9H10ClNO. The maximum absolute atomic E-state index is 5.68. The lowest BCUT2D eigenvalue weighted by molar-refractivity contribution is 0.298. The first kappa shape index (κ1) is 9.07. The molecule has 0 N–H and O–H groups in total. The molecule has 0 bridgehead atoms. The molecule has 2 nitrogen and oxygen atoms in total. The lowest BCUT2D eigenvalue weighted by atomic mass is 10.3. The molecule has 0 fully saturated rings. The number of rotatable bonds is 3. The third-order valence-electron chi connectivity index (χ3n) is 1.32. The summed E-state index contributed by atoms with van der Waals surface area (Å²) in [6.07, 6.45) is 0. The fourth-order valence-electron chi connectivity index (χ4n) is 0.812. The summed E-state index contributed by atoms with van der Waals surface area (Å²) in [7, 11) is 0. The van der Waals surface area contributed by atoms with Gasteiger partial charge in [-0.2, -0.15) is 0 Å². The number of hydrogen-bond donors (Lipinski definition) is 0. The van der Waals surface area contributed by atoms with E-state index in [1.54, 1.807) is 6.07 Å². The van der Waals surface area contributed by atoms with Gasteiger partial charge in [-0.1, -0.05) is 24.2 Å². The Hall–Kier alpha value is -1.02. The van der Waals surface area contributed by atoms with Crippen LogP contribution in [0, 0.1) is 0 Å². The molecule has 0 aliphatic rings. The van der Waals surface area contributed by atoms with Crippen LogP contribution in [0.1, 0.15) is 12.6 Å². The molecule has 1 aromatic heterocycles. The van der Waals surface area contributed by atoms with E-state index in [1.165, 1.54) is 0 Å². The molecular weight excluding hydrogens is 174 g/mol. The summed E-state index contributed by atoms with van der Waals surface area (Å²) in [6, 6.07) is 5.34. The summed E-state index contributed by atoms with van der Waals surface area (Å²) >= 11 is 5.68. The largest absolute Gasteiger partial charge is 0.492 e. The lowest BCUT2D eigenvalue weighted by Gasteiger charge is -2.05. The van der Waals surface area contributed by atoms with Crippen LogP contribution < -0.4 is 0 Å². The van der Waals surface area contributed by atoms with E-state index < -0.39 is 0 Å². The number of halogens is 1. The molecule has 1 heterocycles. The van der Waals surface area contributed by atoms with Crippen molar-refractivity contribution in [1.82, 2.24) is 4.98 Å². The van der Waals surface area contributed by atoms with E-state index in [0.29, 0.717) is 23.2 Å². The minimum Gasteiger partial charge on any atom is -0.492 e. The average Bonchev–Trinajstić information content (AvgIpc) is 2.05. The van der Waals surface area contributed by atoms with Crippen LogP contribution >= 0.6 is 11.6 Å². The van der Waals surface area contributed by atoms with Crippen LogP contribution in [0.4, 0.5) is 0 Å². The van der Waals surface area contributed by atoms with Crippen molar-refractivity contribution in [2.75, 3.05) is 6.61 Å². The first-order valence-corrected chi connectivity index (χ1v) is 4.06. The van der Waals surface area contributed by atoms with Crippen LogP contribution in [-0.2, 0) is 4.74 Å². The molecule has 64 valence electrons. The minimum atomic E-state index is 0.452. The van der Waals surface area contributed by atoms with Crippen molar-refractivity contribution in [2.24, 2.45) is 0 Å². The molecule has 12 heavy (non-hydrogen) atoms. The molecule has 0 aliphatic carbocycles. The predicted molar refractivity (Wildman–Crippen MR) is 49.9 cm³/mol. The lowest BCUT2D eigenvalue weighted by Crippen LogP contribution is -1.92. The van der Waals surface area contributed by atoms with E-state index >= 15 is 0 Å². The molecule has 0 aromatic carbocycles. The van der Waals surface area contributed by atoms with Crippen LogP contribution in [0.2, 0.25) is 5.15 Å². The molecule has 0 spiro atoms. The van der Waals surface area contributed by atoms with Crippen molar-refractivity contribution in [3.63, 3.8) is 0 Å². The molecule has 0 amide bonds. The van der Waals surface area contributed by atoms with Crippen molar-refractivity contribution in [2.45, 2.75) is 6.92 Å². The summed E-state index contributed by atoms with van der Waals surface area (Å²) in [4.78, 5) is 4.03. The highest BCUT2D eigenvalue weighted by Crippen LogP contribution is 2.13. The molecule has 1 rings (SSSR count). The van der Waals surface area contributed by atoms with Gasteiger partial charge in [0, 0.05) is 0 Å². The Bertz CT molecular complexity index is 286. The summed E-state index contributed by atoms with van der Waals surface area (Å²) in [5, 5.41) is 0.452. The highest BCUT2D eigenvalue weighted by Gasteiger charge is 2.00. The highest BCUT2D eigenvalue weighted by molar-refractivity contribution is 6.29. The quantitative estimate of drug-likeness (QED) is 0.531. The molecule has 0 unspecified atom stereocenters. The zero-order chi connectivity index (χ0) is 8.97. The van der Waals surface area contributed by atoms with Gasteiger partial charge in [0.05, 0.1) is 6.61 Å². The smallest absolute Gasteiger partial charge is 0.137 e. The van der Waals surface area contributed by atoms with Gasteiger partial charge in [-0.05, 0) is 19.1 Å². The Morgan fingerprint density at radius 2 is 2.42 bits per heavy atom. The van der Waals surface area contributed by atoms with Gasteiger partial charge in [-0.3, -0.25) is 0 Å². The molecule has 0 aliphatic heterocycles. The van der Waals surface area contributed by atoms with E-state index in [-0.39, 0.29) is 0 Å². The first-order valence-electron chi connectivity index (χ1n) is 3.68. The first-order chi connectivity index (χ1) is 5.74. The molecule has 0 atom stereocenters. The topological polar surface area (TPSA) is 22.1 Å². The standard InChI is InChI=1S/C9H10ClNO/c1-3-12-7(2)8-5-4-6-9(10)11-8/h4-6H,2-3H2,1H3. The molecule has 0 saturated carbocycles. The Morgan fingerprint density at radius 3 is 3.00 bits per heavy atom. The van der Waals surface area contributed by atoms with Crippen LogP contribution in [-0.4, -0.2) is 11.6 Å². The van der Waals surface area contributed by atoms with Crippen molar-refractivity contribution < 1.29 is 4.74 Å². The SMILES string of the molecule is C=C(OCC)c1cccc(Cl)n1. The summed E-state index contributed by atoms with van der Waals surface area (Å²) < 4.78 is 5.17. The Kier molecular flexibility index (Phi) is 3.11. The Labute approximate surface area is 76.8 Å². The molecule has 0 radical (unpaired) electrons. The maximum atomic E-state index is 5.68. The van der Waals surface area contributed by atoms with Gasteiger partial charge in [0.15, 0.2) is 0 Å². The van der Waals surface area contributed by atoms with E-state index in [4.69, 9.17) is 16.3 Å². The fourth-order valence-corrected chi connectivity index (χ4v) is 0.976. The van der Waals surface area contributed by atoms with Gasteiger partial charge in [-0.25, -0.2) is 4.98 Å². The summed E-state index contributed by atoms with van der Waals surface area (Å²) in [5.74, 6) is 0.556. The van der Waals surface area contributed by atoms with Crippen LogP contribution in [0.5, 0.6) is 0 Å². The van der Waals surface area contributed by atoms with Gasteiger partial charge in [0.2, 0.25) is 0 Å². The van der Waals surface area contributed by atoms with Gasteiger partial charge < -0.3 is 4.74 Å². The number of ether oxygens (including phenoxy) is 1. The maximum Gasteiger partial charge on any atom is 0.137 e. The average molecular weight is 184 g/mol. The second-order valence-electron chi connectivity index (χ2n) is 2.20. The van der Waals surface area contributed by atoms with Crippen molar-refractivity contribution in [1.29, 1.82) is 0 Å². The minimum absolute atomic E-state index is 0.452. The normalized spacial score (nSPS) is 9.50. The zero-order valence-electron chi connectivity index (χ0n) is 6.88. The molecule has 1 aromatic rings. The monoisotopic (exact) mass is 183 g/mol. The van der Waals surface area contributed by atoms with Crippen molar-refractivity contribution >= 4 is 17.4 Å². The predicted octanol–water partition coefficient (Wildman–Crippen LogP) is 2.74. The van der Waals surface area contributed by atoms with E-state index in [0.717, 1.165) is 0 Å². The van der Waals surface area contributed by atoms with Crippen LogP contribution in [0.15, 0.2) is 24.8 Å². The van der Waals surface area contributed by atoms with Gasteiger partial charge >= 0.3 is 0 Å². The van der Waals surface area contributed by atoms with Crippen LogP contribution in [0.3, 0.4) is 0 Å². The number of aromatic nitrogens is 1. The summed E-state index contributed by atoms with van der Waals surface area (Å²) in [5.41, 5.74) is 0.685. The fraction of sp³-hybridized carbons (Fsp3) is 0.222. The number of nitrogens with zero attached hydrogens (tertiary/aromatic N) is 1. The van der Waals surface area contributed by atoms with Gasteiger partial charge in [0.1, 0.15) is 16.6 Å². The summed E-state index contributed by atoms with van der Waals surface area (Å²) in [6.45, 7) is 6.20. The van der Waals surface area contributed by atoms with Gasteiger partial charge in [0.25, 0.3) is 0 Å². The van der Waals surface area contributed by atoms with Crippen molar-refractivity contribution in [3.05, 3.63) is 35.6 Å². The van der Waals surface area contributed by atoms with E-state index in [2.05, 4.69) is 11.6 Å². The number of pyridine rings is 1. The van der Waals surface area contributed by atoms with Gasteiger partial charge in [-0.15, -0.1) is 0 Å². The van der Waals surface area contributed by atoms with Crippen molar-refractivity contribution in [3.8, 4) is 0 Å². The van der Waals surface area contributed by atoms with Crippen LogP contribution in [0.25, 0.3) is 5.76 Å². The second-order valence-corrected chi connectivity index (χ2v) is 2.59. The van der Waals surface area contributed by atoms with E-state index in [9.17, 15) is 0 Å². The molecule has 3 heteroatoms. The Morgan fingerprint density at radius 1 is 1.67 bits per heavy atom. The third kappa shape index (κ3) is 2.24. The molecule has 0 saturated heterocycles. The Balaban J connectivity index is 2.81. The highest BCUT2D eigenvalue weighted by atomic mass is 35.5. The zero-order valence-corrected chi connectivity index (χ0v) is 7.64. The number of hydrogen-bond acceptors (Lipinski definition) is 2. The third-order valence-corrected chi connectivity index (χ3v) is 1.53.